The average molecular weight is 600 g/mol. The third kappa shape index (κ3) is 6.72. The van der Waals surface area contributed by atoms with Gasteiger partial charge in [0.1, 0.15) is 30.1 Å². The van der Waals surface area contributed by atoms with Crippen LogP contribution in [0, 0.1) is 11.2 Å². The molecule has 1 amide bonds. The summed E-state index contributed by atoms with van der Waals surface area (Å²) >= 11 is 0. The Morgan fingerprint density at radius 1 is 0.955 bits per heavy atom. The molecule has 5 rings (SSSR count). The van der Waals surface area contributed by atoms with Crippen LogP contribution in [0.4, 0.5) is 15.0 Å². The van der Waals surface area contributed by atoms with E-state index in [-0.39, 0.29) is 24.4 Å². The van der Waals surface area contributed by atoms with Crippen molar-refractivity contribution in [3.63, 3.8) is 0 Å². The standard InChI is InChI=1S/C33H34FN5O5/c1-33(2,3)30(18-43-32(40)38-14-19-6-8-21(34)9-7-19)44-22-10-20(15-36-16-22)26-11-23-24-12-28(41-4)29(42-5)13-27(24)37-17-25(23)31(35)39-26/h6-13,15-17,30H,14,18H2,1-5H3,(H2,35,39)(H,38,40). The van der Waals surface area contributed by atoms with Gasteiger partial charge in [0.05, 0.1) is 31.6 Å². The van der Waals surface area contributed by atoms with Crippen LogP contribution in [0.2, 0.25) is 0 Å². The number of carbonyl (C=O) groups is 1. The molecule has 0 aliphatic rings. The Labute approximate surface area is 254 Å². The van der Waals surface area contributed by atoms with E-state index in [2.05, 4.69) is 20.3 Å². The minimum atomic E-state index is -0.606. The number of pyridine rings is 3. The minimum absolute atomic E-state index is 0.00552. The van der Waals surface area contributed by atoms with Gasteiger partial charge in [-0.25, -0.2) is 14.2 Å². The highest BCUT2D eigenvalue weighted by atomic mass is 19.1. The van der Waals surface area contributed by atoms with Crippen molar-refractivity contribution in [2.24, 2.45) is 5.41 Å². The van der Waals surface area contributed by atoms with E-state index in [0.717, 1.165) is 21.9 Å². The van der Waals surface area contributed by atoms with Crippen LogP contribution in [0.3, 0.4) is 0 Å². The number of nitrogens with zero attached hydrogens (tertiary/aromatic N) is 3. The van der Waals surface area contributed by atoms with Crippen molar-refractivity contribution in [3.8, 4) is 28.5 Å². The molecule has 0 saturated heterocycles. The van der Waals surface area contributed by atoms with Crippen LogP contribution in [0.15, 0.2) is 67.1 Å². The summed E-state index contributed by atoms with van der Waals surface area (Å²) in [5.74, 6) is 1.60. The van der Waals surface area contributed by atoms with Crippen molar-refractivity contribution >= 4 is 33.6 Å². The number of nitrogens with one attached hydrogen (secondary N) is 1. The monoisotopic (exact) mass is 599 g/mol. The minimum Gasteiger partial charge on any atom is -0.493 e. The van der Waals surface area contributed by atoms with E-state index in [1.54, 1.807) is 44.9 Å². The molecule has 3 aromatic heterocycles. The van der Waals surface area contributed by atoms with Crippen LogP contribution in [-0.2, 0) is 11.3 Å². The van der Waals surface area contributed by atoms with Crippen molar-refractivity contribution in [3.05, 3.63) is 78.5 Å². The molecular formula is C33H34FN5O5. The maximum Gasteiger partial charge on any atom is 0.407 e. The summed E-state index contributed by atoms with van der Waals surface area (Å²) in [6, 6.07) is 13.3. The number of methoxy groups -OCH3 is 2. The summed E-state index contributed by atoms with van der Waals surface area (Å²) in [5.41, 5.74) is 8.76. The number of aromatic nitrogens is 3. The summed E-state index contributed by atoms with van der Waals surface area (Å²) in [5, 5.41) is 5.06. The number of carbonyl (C=O) groups excluding carboxylic acids is 1. The second-order valence-corrected chi connectivity index (χ2v) is 11.3. The Morgan fingerprint density at radius 2 is 1.68 bits per heavy atom. The summed E-state index contributed by atoms with van der Waals surface area (Å²) in [6.45, 7) is 6.17. The number of hydrogen-bond acceptors (Lipinski definition) is 9. The molecule has 3 heterocycles. The molecule has 0 fully saturated rings. The molecule has 10 nitrogen and oxygen atoms in total. The van der Waals surface area contributed by atoms with E-state index >= 15 is 0 Å². The summed E-state index contributed by atoms with van der Waals surface area (Å²) < 4.78 is 35.9. The van der Waals surface area contributed by atoms with Crippen LogP contribution in [0.1, 0.15) is 26.3 Å². The predicted molar refractivity (Wildman–Crippen MR) is 166 cm³/mol. The molecule has 1 unspecified atom stereocenters. The van der Waals surface area contributed by atoms with Crippen molar-refractivity contribution in [2.45, 2.75) is 33.4 Å². The van der Waals surface area contributed by atoms with E-state index in [4.69, 9.17) is 24.7 Å². The number of fused-ring (bicyclic) bond motifs is 3. The first-order chi connectivity index (χ1) is 21.0. The number of benzene rings is 2. The smallest absolute Gasteiger partial charge is 0.407 e. The van der Waals surface area contributed by atoms with Crippen molar-refractivity contribution < 1.29 is 28.1 Å². The highest BCUT2D eigenvalue weighted by Gasteiger charge is 2.28. The highest BCUT2D eigenvalue weighted by molar-refractivity contribution is 6.10. The van der Waals surface area contributed by atoms with Gasteiger partial charge in [-0.2, -0.15) is 0 Å². The number of nitrogen functional groups attached to an aromatic ring is 1. The van der Waals surface area contributed by atoms with E-state index in [1.807, 2.05) is 45.0 Å². The fourth-order valence-electron chi connectivity index (χ4n) is 4.63. The Kier molecular flexibility index (Phi) is 8.66. The van der Waals surface area contributed by atoms with Gasteiger partial charge in [-0.3, -0.25) is 9.97 Å². The van der Waals surface area contributed by atoms with Gasteiger partial charge in [0.15, 0.2) is 11.5 Å². The summed E-state index contributed by atoms with van der Waals surface area (Å²) in [7, 11) is 3.16. The fourth-order valence-corrected chi connectivity index (χ4v) is 4.63. The highest BCUT2D eigenvalue weighted by Crippen LogP contribution is 2.37. The maximum absolute atomic E-state index is 13.1. The number of rotatable bonds is 9. The van der Waals surface area contributed by atoms with Crippen LogP contribution in [0.25, 0.3) is 32.9 Å². The second kappa shape index (κ2) is 12.6. The molecule has 0 radical (unpaired) electrons. The van der Waals surface area contributed by atoms with Gasteiger partial charge in [-0.1, -0.05) is 32.9 Å². The molecule has 3 N–H and O–H groups in total. The van der Waals surface area contributed by atoms with E-state index in [1.165, 1.54) is 12.1 Å². The topological polar surface area (TPSA) is 131 Å². The Morgan fingerprint density at radius 3 is 2.39 bits per heavy atom. The maximum atomic E-state index is 13.1. The lowest BCUT2D eigenvalue weighted by Crippen LogP contribution is -2.38. The van der Waals surface area contributed by atoms with Gasteiger partial charge in [0.2, 0.25) is 0 Å². The molecule has 2 aromatic carbocycles. The molecule has 5 aromatic rings. The van der Waals surface area contributed by atoms with Crippen LogP contribution in [0.5, 0.6) is 17.2 Å². The zero-order chi connectivity index (χ0) is 31.4. The van der Waals surface area contributed by atoms with Crippen molar-refractivity contribution in [1.29, 1.82) is 0 Å². The average Bonchev–Trinajstić information content (AvgIpc) is 3.01. The van der Waals surface area contributed by atoms with Gasteiger partial charge in [0, 0.05) is 46.8 Å². The zero-order valence-corrected chi connectivity index (χ0v) is 25.2. The van der Waals surface area contributed by atoms with Crippen molar-refractivity contribution in [2.75, 3.05) is 26.6 Å². The number of anilines is 1. The zero-order valence-electron chi connectivity index (χ0n) is 25.2. The SMILES string of the molecule is COc1cc2ncc3c(N)nc(-c4cncc(OC(COC(=O)NCc5ccc(F)cc5)C(C)(C)C)c4)cc3c2cc1OC. The third-order valence-corrected chi connectivity index (χ3v) is 7.18. The first-order valence-electron chi connectivity index (χ1n) is 13.9. The lowest BCUT2D eigenvalue weighted by Gasteiger charge is -2.30. The Hall–Kier alpha value is -5.19. The predicted octanol–water partition coefficient (Wildman–Crippen LogP) is 6.30. The fraction of sp³-hybridized carbons (Fsp3) is 0.273. The molecule has 0 saturated carbocycles. The van der Waals surface area contributed by atoms with Crippen molar-refractivity contribution in [1.82, 2.24) is 20.3 Å². The van der Waals surface area contributed by atoms with Crippen LogP contribution in [-0.4, -0.2) is 48.0 Å². The number of ether oxygens (including phenoxy) is 4. The molecule has 0 aliphatic carbocycles. The number of halogens is 1. The largest absolute Gasteiger partial charge is 0.493 e. The Bertz CT molecular complexity index is 1810. The molecule has 1 atom stereocenters. The molecular weight excluding hydrogens is 565 g/mol. The number of amides is 1. The van der Waals surface area contributed by atoms with Gasteiger partial charge < -0.3 is 30.0 Å². The Balaban J connectivity index is 1.37. The van der Waals surface area contributed by atoms with Gasteiger partial charge >= 0.3 is 6.09 Å². The van der Waals surface area contributed by atoms with E-state index in [0.29, 0.717) is 39.7 Å². The molecule has 0 bridgehead atoms. The van der Waals surface area contributed by atoms with Gasteiger partial charge in [0.25, 0.3) is 0 Å². The second-order valence-electron chi connectivity index (χ2n) is 11.3. The third-order valence-electron chi connectivity index (χ3n) is 7.18. The number of alkyl carbamates (subject to hydrolysis) is 1. The lowest BCUT2D eigenvalue weighted by atomic mass is 9.89. The number of nitrogens with two attached hydrogens (primary N) is 1. The van der Waals surface area contributed by atoms with E-state index < -0.39 is 12.2 Å². The van der Waals surface area contributed by atoms with Crippen LogP contribution < -0.4 is 25.3 Å². The summed E-state index contributed by atoms with van der Waals surface area (Å²) in [4.78, 5) is 25.9. The van der Waals surface area contributed by atoms with Crippen LogP contribution >= 0.6 is 0 Å². The van der Waals surface area contributed by atoms with Gasteiger partial charge in [-0.05, 0) is 41.3 Å². The normalized spacial score (nSPS) is 12.1. The molecule has 44 heavy (non-hydrogen) atoms. The van der Waals surface area contributed by atoms with Gasteiger partial charge in [-0.15, -0.1) is 0 Å². The van der Waals surface area contributed by atoms with E-state index in [9.17, 15) is 9.18 Å². The molecule has 0 spiro atoms. The lowest BCUT2D eigenvalue weighted by molar-refractivity contribution is 0.0211. The molecule has 228 valence electrons. The quantitative estimate of drug-likeness (QED) is 0.187. The number of hydrogen-bond donors (Lipinski definition) is 2. The first-order valence-corrected chi connectivity index (χ1v) is 13.9. The summed E-state index contributed by atoms with van der Waals surface area (Å²) in [6.07, 6.45) is 3.86. The molecule has 0 aliphatic heterocycles. The molecule has 11 heteroatoms. The first kappa shape index (κ1) is 30.3.